The molecule has 0 aromatic heterocycles. The van der Waals surface area contributed by atoms with Crippen molar-refractivity contribution in [3.8, 4) is 5.75 Å². The van der Waals surface area contributed by atoms with Crippen LogP contribution in [0.1, 0.15) is 12.5 Å². The molecule has 0 spiro atoms. The molecule has 7 nitrogen and oxygen atoms in total. The van der Waals surface area contributed by atoms with Crippen molar-refractivity contribution >= 4 is 22.7 Å². The number of benzene rings is 2. The maximum atomic E-state index is 8.89. The molecule has 0 saturated carbocycles. The summed E-state index contributed by atoms with van der Waals surface area (Å²) in [5.41, 5.74) is 25.4. The Hall–Kier alpha value is -2.64. The second-order valence-corrected chi connectivity index (χ2v) is 4.95. The molecular weight excluding hydrogens is 296 g/mol. The second kappa shape index (κ2) is 8.72. The van der Waals surface area contributed by atoms with Gasteiger partial charge >= 0.3 is 0 Å². The minimum Gasteiger partial charge on any atom is -0.463 e. The quantitative estimate of drug-likeness (QED) is 0.362. The molecule has 1 atom stereocenters. The summed E-state index contributed by atoms with van der Waals surface area (Å²) in [6, 6.07) is 10.1. The Morgan fingerprint density at radius 1 is 0.957 bits per heavy atom. The van der Waals surface area contributed by atoms with Gasteiger partial charge < -0.3 is 37.9 Å². The third-order valence-corrected chi connectivity index (χ3v) is 2.88. The Kier molecular flexibility index (Phi) is 6.98. The van der Waals surface area contributed by atoms with Gasteiger partial charge in [-0.25, -0.2) is 0 Å². The van der Waals surface area contributed by atoms with Crippen LogP contribution in [0.3, 0.4) is 0 Å². The van der Waals surface area contributed by atoms with Crippen molar-refractivity contribution in [1.29, 1.82) is 0 Å². The minimum atomic E-state index is -0.865. The molecule has 0 aliphatic carbocycles. The van der Waals surface area contributed by atoms with Crippen LogP contribution in [0.2, 0.25) is 0 Å². The van der Waals surface area contributed by atoms with Crippen molar-refractivity contribution in [1.82, 2.24) is 0 Å². The number of ether oxygens (including phenoxy) is 1. The van der Waals surface area contributed by atoms with Crippen LogP contribution in [0, 0.1) is 0 Å². The average Bonchev–Trinajstić information content (AvgIpc) is 2.47. The topological polar surface area (TPSA) is 154 Å². The summed E-state index contributed by atoms with van der Waals surface area (Å²) in [4.78, 5) is 0. The molecule has 0 aliphatic heterocycles. The average molecular weight is 320 g/mol. The monoisotopic (exact) mass is 320 g/mol. The highest BCUT2D eigenvalue weighted by Gasteiger charge is 2.02. The van der Waals surface area contributed by atoms with Crippen molar-refractivity contribution in [2.75, 3.05) is 29.5 Å². The van der Waals surface area contributed by atoms with Crippen molar-refractivity contribution in [3.05, 3.63) is 42.0 Å². The predicted molar refractivity (Wildman–Crippen MR) is 93.6 cm³/mol. The van der Waals surface area contributed by atoms with Gasteiger partial charge in [0.05, 0.1) is 5.69 Å². The number of anilines is 4. The van der Waals surface area contributed by atoms with Gasteiger partial charge in [0.1, 0.15) is 5.75 Å². The molecule has 2 aromatic rings. The maximum absolute atomic E-state index is 8.89. The van der Waals surface area contributed by atoms with Gasteiger partial charge in [0, 0.05) is 23.7 Å². The van der Waals surface area contributed by atoms with Crippen LogP contribution in [-0.4, -0.2) is 23.1 Å². The lowest BCUT2D eigenvalue weighted by Gasteiger charge is -2.10. The summed E-state index contributed by atoms with van der Waals surface area (Å²) in [5.74, 6) is 0.444. The molecule has 7 heteroatoms. The third-order valence-electron chi connectivity index (χ3n) is 2.88. The Bertz CT molecular complexity index is 633. The number of aliphatic hydroxyl groups excluding tert-OH is 2. The number of rotatable bonds is 4. The lowest BCUT2D eigenvalue weighted by Crippen LogP contribution is -2.10. The van der Waals surface area contributed by atoms with Gasteiger partial charge in [-0.3, -0.25) is 0 Å². The van der Waals surface area contributed by atoms with E-state index in [1.807, 2.05) is 0 Å². The Balaban J connectivity index is 0.000000231. The Morgan fingerprint density at radius 2 is 1.57 bits per heavy atom. The molecule has 0 aliphatic rings. The molecule has 10 N–H and O–H groups in total. The van der Waals surface area contributed by atoms with Crippen LogP contribution in [0.4, 0.5) is 22.7 Å². The first kappa shape index (κ1) is 18.4. The zero-order valence-corrected chi connectivity index (χ0v) is 13.1. The van der Waals surface area contributed by atoms with Gasteiger partial charge in [-0.2, -0.15) is 0 Å². The molecule has 0 saturated heterocycles. The summed E-state index contributed by atoms with van der Waals surface area (Å²) in [6.07, 6.45) is -0.299. The van der Waals surface area contributed by atoms with Gasteiger partial charge in [0.25, 0.3) is 0 Å². The van der Waals surface area contributed by atoms with Gasteiger partial charge in [0.15, 0.2) is 6.29 Å². The van der Waals surface area contributed by atoms with Crippen LogP contribution in [0.5, 0.6) is 5.75 Å². The first-order valence-electron chi connectivity index (χ1n) is 7.08. The largest absolute Gasteiger partial charge is 0.463 e. The van der Waals surface area contributed by atoms with Gasteiger partial charge in [-0.05, 0) is 55.3 Å². The zero-order chi connectivity index (χ0) is 17.4. The lowest BCUT2D eigenvalue weighted by molar-refractivity contribution is 0.000281. The van der Waals surface area contributed by atoms with Gasteiger partial charge in [-0.1, -0.05) is 0 Å². The van der Waals surface area contributed by atoms with E-state index < -0.39 is 6.29 Å². The molecule has 126 valence electrons. The van der Waals surface area contributed by atoms with Gasteiger partial charge in [-0.15, -0.1) is 0 Å². The zero-order valence-electron chi connectivity index (χ0n) is 13.1. The molecule has 0 bridgehead atoms. The summed E-state index contributed by atoms with van der Waals surface area (Å²) >= 11 is 0. The van der Waals surface area contributed by atoms with E-state index in [4.69, 9.17) is 37.9 Å². The van der Waals surface area contributed by atoms with E-state index in [9.17, 15) is 0 Å². The normalized spacial score (nSPS) is 11.3. The molecule has 2 rings (SSSR count). The molecule has 0 radical (unpaired) electrons. The van der Waals surface area contributed by atoms with Crippen LogP contribution in [-0.2, 0) is 6.42 Å². The molecule has 0 heterocycles. The third kappa shape index (κ3) is 6.33. The highest BCUT2D eigenvalue weighted by molar-refractivity contribution is 5.60. The highest BCUT2D eigenvalue weighted by Crippen LogP contribution is 2.24. The lowest BCUT2D eigenvalue weighted by atomic mass is 10.1. The summed E-state index contributed by atoms with van der Waals surface area (Å²) in [6.45, 7) is 1.61. The van der Waals surface area contributed by atoms with Gasteiger partial charge in [0.2, 0.25) is 0 Å². The summed E-state index contributed by atoms with van der Waals surface area (Å²) < 4.78 is 4.97. The van der Waals surface area contributed by atoms with Crippen LogP contribution in [0.25, 0.3) is 0 Å². The Labute approximate surface area is 135 Å². The molecule has 23 heavy (non-hydrogen) atoms. The smallest absolute Gasteiger partial charge is 0.194 e. The SMILES string of the molecule is CC(O)Oc1ccc(N)cc1N.Nc1ccc(N)c(CCO)c1. The van der Waals surface area contributed by atoms with Crippen molar-refractivity contribution in [2.45, 2.75) is 19.6 Å². The molecule has 0 fully saturated rings. The van der Waals surface area contributed by atoms with Crippen molar-refractivity contribution in [3.63, 3.8) is 0 Å². The van der Waals surface area contributed by atoms with Crippen LogP contribution >= 0.6 is 0 Å². The van der Waals surface area contributed by atoms with E-state index >= 15 is 0 Å². The van der Waals surface area contributed by atoms with Crippen LogP contribution < -0.4 is 27.7 Å². The molecule has 1 unspecified atom stereocenters. The maximum Gasteiger partial charge on any atom is 0.194 e. The van der Waals surface area contributed by atoms with E-state index in [-0.39, 0.29) is 6.61 Å². The summed E-state index contributed by atoms with van der Waals surface area (Å²) in [5, 5.41) is 17.5. The van der Waals surface area contributed by atoms with Crippen LogP contribution in [0.15, 0.2) is 36.4 Å². The summed E-state index contributed by atoms with van der Waals surface area (Å²) in [7, 11) is 0. The number of hydrogen-bond acceptors (Lipinski definition) is 7. The molecular formula is C16H24N4O3. The number of nitrogens with two attached hydrogens (primary N) is 4. The van der Waals surface area contributed by atoms with E-state index in [1.54, 1.807) is 36.4 Å². The number of hydrogen-bond donors (Lipinski definition) is 6. The number of nitrogen functional groups attached to an aromatic ring is 4. The molecule has 2 aromatic carbocycles. The second-order valence-electron chi connectivity index (χ2n) is 4.95. The fraction of sp³-hybridized carbons (Fsp3) is 0.250. The molecule has 0 amide bonds. The Morgan fingerprint density at radius 3 is 2.13 bits per heavy atom. The van der Waals surface area contributed by atoms with Crippen molar-refractivity contribution in [2.24, 2.45) is 0 Å². The number of aliphatic hydroxyl groups is 2. The standard InChI is InChI=1S/C8H12N2O2.C8H12N2O/c1-5(11)12-8-3-2-6(9)4-7(8)10;9-7-1-2-8(10)6(5-7)3-4-11/h2-5,11H,9-10H2,1H3;1-2,5,11H,3-4,9-10H2. The first-order valence-corrected chi connectivity index (χ1v) is 7.08. The van der Waals surface area contributed by atoms with E-state index in [0.717, 1.165) is 5.56 Å². The van der Waals surface area contributed by atoms with E-state index in [2.05, 4.69) is 0 Å². The fourth-order valence-electron chi connectivity index (χ4n) is 1.82. The predicted octanol–water partition coefficient (Wildman–Crippen LogP) is 0.954. The first-order chi connectivity index (χ1) is 10.8. The minimum absolute atomic E-state index is 0.105. The van der Waals surface area contributed by atoms with Crippen molar-refractivity contribution < 1.29 is 14.9 Å². The fourth-order valence-corrected chi connectivity index (χ4v) is 1.82. The van der Waals surface area contributed by atoms with E-state index in [0.29, 0.717) is 34.9 Å². The van der Waals surface area contributed by atoms with E-state index in [1.165, 1.54) is 6.92 Å². The highest BCUT2D eigenvalue weighted by atomic mass is 16.6.